The van der Waals surface area contributed by atoms with Crippen molar-refractivity contribution in [2.24, 2.45) is 0 Å². The molecule has 0 radical (unpaired) electrons. The van der Waals surface area contributed by atoms with Crippen LogP contribution < -0.4 is 4.74 Å². The predicted octanol–water partition coefficient (Wildman–Crippen LogP) is 5.56. The molecule has 0 spiro atoms. The molecule has 0 aliphatic rings. The summed E-state index contributed by atoms with van der Waals surface area (Å²) in [4.78, 5) is 7.58. The van der Waals surface area contributed by atoms with E-state index >= 15 is 0 Å². The van der Waals surface area contributed by atoms with Crippen LogP contribution in [0.4, 0.5) is 0 Å². The second kappa shape index (κ2) is 6.90. The standard InChI is InChI=1S/C18H14Cl2N2O/c1-23-17-5-3-2-4-12(17)6-9-18-21-11-16(22-18)14-8-7-13(19)10-15(14)20/h2-11H,1H3,(H,21,22)/b9-6+. The molecule has 0 fully saturated rings. The quantitative estimate of drug-likeness (QED) is 0.672. The van der Waals surface area contributed by atoms with Crippen LogP contribution in [0.1, 0.15) is 11.4 Å². The molecule has 1 N–H and O–H groups in total. The fourth-order valence-corrected chi connectivity index (χ4v) is 2.75. The molecule has 0 aliphatic heterocycles. The van der Waals surface area contributed by atoms with Crippen molar-refractivity contribution in [3.63, 3.8) is 0 Å². The molecule has 5 heteroatoms. The van der Waals surface area contributed by atoms with Crippen LogP contribution in [0.3, 0.4) is 0 Å². The van der Waals surface area contributed by atoms with E-state index in [4.69, 9.17) is 27.9 Å². The number of halogens is 2. The van der Waals surface area contributed by atoms with E-state index in [1.165, 1.54) is 0 Å². The number of benzene rings is 2. The zero-order valence-electron chi connectivity index (χ0n) is 12.4. The van der Waals surface area contributed by atoms with Gasteiger partial charge >= 0.3 is 0 Å². The molecule has 1 aromatic heterocycles. The normalized spacial score (nSPS) is 11.1. The highest BCUT2D eigenvalue weighted by Crippen LogP contribution is 2.29. The Kier molecular flexibility index (Phi) is 4.70. The molecular weight excluding hydrogens is 331 g/mol. The van der Waals surface area contributed by atoms with Crippen molar-refractivity contribution >= 4 is 35.4 Å². The number of hydrogen-bond acceptors (Lipinski definition) is 2. The highest BCUT2D eigenvalue weighted by atomic mass is 35.5. The molecule has 2 aromatic carbocycles. The average Bonchev–Trinajstić information content (AvgIpc) is 3.02. The lowest BCUT2D eigenvalue weighted by atomic mass is 10.2. The number of H-pyrrole nitrogens is 1. The Morgan fingerprint density at radius 1 is 1.09 bits per heavy atom. The van der Waals surface area contributed by atoms with Gasteiger partial charge in [0, 0.05) is 16.1 Å². The molecule has 0 unspecified atom stereocenters. The SMILES string of the molecule is COc1ccccc1/C=C/c1ncc(-c2ccc(Cl)cc2Cl)[nH]1. The Balaban J connectivity index is 1.86. The number of aromatic nitrogens is 2. The van der Waals surface area contributed by atoms with Gasteiger partial charge in [-0.15, -0.1) is 0 Å². The van der Waals surface area contributed by atoms with Gasteiger partial charge in [0.25, 0.3) is 0 Å². The van der Waals surface area contributed by atoms with Crippen LogP contribution in [0, 0.1) is 0 Å². The summed E-state index contributed by atoms with van der Waals surface area (Å²) in [6, 6.07) is 13.2. The van der Waals surface area contributed by atoms with Gasteiger partial charge in [0.1, 0.15) is 11.6 Å². The molecule has 3 aromatic rings. The highest BCUT2D eigenvalue weighted by molar-refractivity contribution is 6.36. The molecule has 0 aliphatic carbocycles. The summed E-state index contributed by atoms with van der Waals surface area (Å²) >= 11 is 12.1. The second-order valence-electron chi connectivity index (χ2n) is 4.88. The third kappa shape index (κ3) is 3.58. The van der Waals surface area contributed by atoms with Crippen molar-refractivity contribution in [1.29, 1.82) is 0 Å². The molecule has 1 heterocycles. The molecule has 0 bridgehead atoms. The molecule has 0 saturated carbocycles. The number of para-hydroxylation sites is 1. The maximum atomic E-state index is 6.22. The minimum absolute atomic E-state index is 0.585. The largest absolute Gasteiger partial charge is 0.496 e. The fraction of sp³-hybridized carbons (Fsp3) is 0.0556. The van der Waals surface area contributed by atoms with Crippen molar-refractivity contribution in [3.05, 3.63) is 70.1 Å². The van der Waals surface area contributed by atoms with Gasteiger partial charge in [0.15, 0.2) is 0 Å². The Morgan fingerprint density at radius 3 is 2.70 bits per heavy atom. The summed E-state index contributed by atoms with van der Waals surface area (Å²) < 4.78 is 5.32. The minimum atomic E-state index is 0.585. The first-order chi connectivity index (χ1) is 11.2. The summed E-state index contributed by atoms with van der Waals surface area (Å²) in [7, 11) is 1.65. The van der Waals surface area contributed by atoms with Crippen LogP contribution in [-0.2, 0) is 0 Å². The van der Waals surface area contributed by atoms with Gasteiger partial charge in [-0.1, -0.05) is 41.4 Å². The second-order valence-corrected chi connectivity index (χ2v) is 5.73. The van der Waals surface area contributed by atoms with E-state index in [9.17, 15) is 0 Å². The first-order valence-corrected chi connectivity index (χ1v) is 7.74. The Morgan fingerprint density at radius 2 is 1.91 bits per heavy atom. The Bertz CT molecular complexity index is 856. The fourth-order valence-electron chi connectivity index (χ4n) is 2.24. The number of methoxy groups -OCH3 is 1. The smallest absolute Gasteiger partial charge is 0.130 e. The van der Waals surface area contributed by atoms with Crippen LogP contribution in [0.25, 0.3) is 23.4 Å². The number of rotatable bonds is 4. The van der Waals surface area contributed by atoms with Crippen molar-refractivity contribution in [2.45, 2.75) is 0 Å². The maximum absolute atomic E-state index is 6.22. The molecule has 0 amide bonds. The van der Waals surface area contributed by atoms with Gasteiger partial charge in [-0.2, -0.15) is 0 Å². The van der Waals surface area contributed by atoms with Gasteiger partial charge in [-0.25, -0.2) is 4.98 Å². The van der Waals surface area contributed by atoms with E-state index in [-0.39, 0.29) is 0 Å². The van der Waals surface area contributed by atoms with Crippen molar-refractivity contribution in [2.75, 3.05) is 7.11 Å². The number of nitrogens with zero attached hydrogens (tertiary/aromatic N) is 1. The van der Waals surface area contributed by atoms with E-state index in [1.807, 2.05) is 42.5 Å². The molecule has 3 nitrogen and oxygen atoms in total. The Labute approximate surface area is 144 Å². The lowest BCUT2D eigenvalue weighted by Crippen LogP contribution is -1.85. The van der Waals surface area contributed by atoms with Gasteiger partial charge in [-0.05, 0) is 36.4 Å². The minimum Gasteiger partial charge on any atom is -0.496 e. The lowest BCUT2D eigenvalue weighted by molar-refractivity contribution is 0.414. The monoisotopic (exact) mass is 344 g/mol. The zero-order valence-corrected chi connectivity index (χ0v) is 13.9. The van der Waals surface area contributed by atoms with Crippen molar-refractivity contribution in [3.8, 4) is 17.0 Å². The maximum Gasteiger partial charge on any atom is 0.130 e. The van der Waals surface area contributed by atoms with Crippen LogP contribution >= 0.6 is 23.2 Å². The Hall–Kier alpha value is -2.23. The summed E-state index contributed by atoms with van der Waals surface area (Å²) in [5.74, 6) is 1.55. The summed E-state index contributed by atoms with van der Waals surface area (Å²) in [6.07, 6.45) is 5.59. The highest BCUT2D eigenvalue weighted by Gasteiger charge is 2.07. The van der Waals surface area contributed by atoms with E-state index in [0.29, 0.717) is 10.0 Å². The first-order valence-electron chi connectivity index (χ1n) is 6.99. The molecular formula is C18H14Cl2N2O. The van der Waals surface area contributed by atoms with Crippen LogP contribution in [0.15, 0.2) is 48.7 Å². The molecule has 3 rings (SSSR count). The molecule has 0 atom stereocenters. The van der Waals surface area contributed by atoms with E-state index in [2.05, 4.69) is 9.97 Å². The van der Waals surface area contributed by atoms with E-state index < -0.39 is 0 Å². The summed E-state index contributed by atoms with van der Waals surface area (Å²) in [5.41, 5.74) is 2.68. The lowest BCUT2D eigenvalue weighted by Gasteiger charge is -2.03. The van der Waals surface area contributed by atoms with E-state index in [0.717, 1.165) is 28.4 Å². The predicted molar refractivity (Wildman–Crippen MR) is 96.0 cm³/mol. The molecule has 23 heavy (non-hydrogen) atoms. The average molecular weight is 345 g/mol. The van der Waals surface area contributed by atoms with Crippen molar-refractivity contribution in [1.82, 2.24) is 9.97 Å². The third-order valence-corrected chi connectivity index (χ3v) is 3.92. The molecule has 0 saturated heterocycles. The first kappa shape index (κ1) is 15.7. The molecule has 116 valence electrons. The van der Waals surface area contributed by atoms with Crippen LogP contribution in [0.2, 0.25) is 10.0 Å². The number of nitrogens with one attached hydrogen (secondary N) is 1. The van der Waals surface area contributed by atoms with Gasteiger partial charge in [-0.3, -0.25) is 0 Å². The van der Waals surface area contributed by atoms with Gasteiger partial charge in [0.05, 0.1) is 24.0 Å². The number of imidazole rings is 1. The number of aromatic amines is 1. The van der Waals surface area contributed by atoms with Gasteiger partial charge < -0.3 is 9.72 Å². The number of hydrogen-bond donors (Lipinski definition) is 1. The van der Waals surface area contributed by atoms with Crippen LogP contribution in [-0.4, -0.2) is 17.1 Å². The zero-order chi connectivity index (χ0) is 16.2. The third-order valence-electron chi connectivity index (χ3n) is 3.38. The van der Waals surface area contributed by atoms with Crippen molar-refractivity contribution < 1.29 is 4.74 Å². The number of ether oxygens (including phenoxy) is 1. The topological polar surface area (TPSA) is 37.9 Å². The van der Waals surface area contributed by atoms with Crippen LogP contribution in [0.5, 0.6) is 5.75 Å². The van der Waals surface area contributed by atoms with E-state index in [1.54, 1.807) is 25.4 Å². The summed E-state index contributed by atoms with van der Waals surface area (Å²) in [5, 5.41) is 1.19. The van der Waals surface area contributed by atoms with Gasteiger partial charge in [0.2, 0.25) is 0 Å². The summed E-state index contributed by atoms with van der Waals surface area (Å²) in [6.45, 7) is 0.